The number of nitrogens with zero attached hydrogens (tertiary/aromatic N) is 2. The molecule has 0 unspecified atom stereocenters. The van der Waals surface area contributed by atoms with Gasteiger partial charge in [-0.3, -0.25) is 4.79 Å². The standard InChI is InChI=1S/C24H18F2N2O4/c25-17-7-9-20(32-14-15-4-2-1-3-5-15)23(26)22(17)24(30)16-6-8-18-19(12-16)28-21(13-27-18)31-11-10-29/h1-9,12-13,29H,10-11,14H2. The van der Waals surface area contributed by atoms with E-state index in [2.05, 4.69) is 9.97 Å². The summed E-state index contributed by atoms with van der Waals surface area (Å²) in [5.41, 5.74) is 0.901. The van der Waals surface area contributed by atoms with E-state index in [1.54, 1.807) is 0 Å². The zero-order valence-electron chi connectivity index (χ0n) is 16.8. The number of benzene rings is 3. The number of fused-ring (bicyclic) bond motifs is 1. The molecule has 0 aliphatic rings. The minimum absolute atomic E-state index is 0.0316. The fourth-order valence-corrected chi connectivity index (χ4v) is 3.09. The zero-order valence-corrected chi connectivity index (χ0v) is 16.8. The summed E-state index contributed by atoms with van der Waals surface area (Å²) in [6, 6.07) is 15.6. The number of aliphatic hydroxyl groups excluding tert-OH is 1. The van der Waals surface area contributed by atoms with E-state index in [0.717, 1.165) is 17.7 Å². The Kier molecular flexibility index (Phi) is 6.32. The highest BCUT2D eigenvalue weighted by Crippen LogP contribution is 2.27. The molecular weight excluding hydrogens is 418 g/mol. The summed E-state index contributed by atoms with van der Waals surface area (Å²) in [6.07, 6.45) is 1.38. The SMILES string of the molecule is O=C(c1ccc2ncc(OCCO)nc2c1)c1c(F)ccc(OCc2ccccc2)c1F. The molecular formula is C24H18F2N2O4. The molecule has 0 bridgehead atoms. The Bertz CT molecular complexity index is 1270. The highest BCUT2D eigenvalue weighted by Gasteiger charge is 2.23. The van der Waals surface area contributed by atoms with Gasteiger partial charge in [0.15, 0.2) is 17.3 Å². The van der Waals surface area contributed by atoms with Gasteiger partial charge in [0, 0.05) is 5.56 Å². The van der Waals surface area contributed by atoms with E-state index < -0.39 is 23.0 Å². The van der Waals surface area contributed by atoms with E-state index in [0.29, 0.717) is 11.0 Å². The normalized spacial score (nSPS) is 10.8. The Morgan fingerprint density at radius 3 is 2.56 bits per heavy atom. The Balaban J connectivity index is 1.63. The van der Waals surface area contributed by atoms with Crippen LogP contribution in [0.15, 0.2) is 66.9 Å². The predicted octanol–water partition coefficient (Wildman–Crippen LogP) is 4.09. The molecule has 4 aromatic rings. The van der Waals surface area contributed by atoms with E-state index >= 15 is 4.39 Å². The van der Waals surface area contributed by atoms with Gasteiger partial charge in [-0.2, -0.15) is 0 Å². The molecule has 0 atom stereocenters. The van der Waals surface area contributed by atoms with Gasteiger partial charge in [-0.1, -0.05) is 30.3 Å². The smallest absolute Gasteiger partial charge is 0.232 e. The number of ether oxygens (including phenoxy) is 2. The van der Waals surface area contributed by atoms with Crippen LogP contribution in [0.1, 0.15) is 21.5 Å². The van der Waals surface area contributed by atoms with Gasteiger partial charge in [0.25, 0.3) is 0 Å². The minimum Gasteiger partial charge on any atom is -0.486 e. The maximum absolute atomic E-state index is 15.0. The molecule has 0 fully saturated rings. The summed E-state index contributed by atoms with van der Waals surface area (Å²) >= 11 is 0. The van der Waals surface area contributed by atoms with Crippen LogP contribution in [0.25, 0.3) is 11.0 Å². The summed E-state index contributed by atoms with van der Waals surface area (Å²) in [5.74, 6) is -2.98. The second kappa shape index (κ2) is 9.49. The number of halogens is 2. The van der Waals surface area contributed by atoms with Crippen molar-refractivity contribution in [3.05, 3.63) is 95.2 Å². The molecule has 0 amide bonds. The number of carbonyl (C=O) groups is 1. The second-order valence-corrected chi connectivity index (χ2v) is 6.82. The van der Waals surface area contributed by atoms with Crippen molar-refractivity contribution in [3.63, 3.8) is 0 Å². The molecule has 162 valence electrons. The van der Waals surface area contributed by atoms with E-state index in [1.807, 2.05) is 30.3 Å². The van der Waals surface area contributed by atoms with Crippen LogP contribution >= 0.6 is 0 Å². The molecule has 32 heavy (non-hydrogen) atoms. The third kappa shape index (κ3) is 4.55. The van der Waals surface area contributed by atoms with Gasteiger partial charge in [0.1, 0.15) is 19.0 Å². The van der Waals surface area contributed by atoms with Gasteiger partial charge in [0.05, 0.1) is 29.4 Å². The fraction of sp³-hybridized carbons (Fsp3) is 0.125. The van der Waals surface area contributed by atoms with Crippen LogP contribution in [0, 0.1) is 11.6 Å². The number of rotatable bonds is 8. The van der Waals surface area contributed by atoms with Gasteiger partial charge in [0.2, 0.25) is 5.88 Å². The van der Waals surface area contributed by atoms with Crippen molar-refractivity contribution in [1.29, 1.82) is 0 Å². The Labute approximate surface area is 182 Å². The van der Waals surface area contributed by atoms with Gasteiger partial charge >= 0.3 is 0 Å². The molecule has 0 saturated carbocycles. The van der Waals surface area contributed by atoms with Crippen molar-refractivity contribution in [2.24, 2.45) is 0 Å². The summed E-state index contributed by atoms with van der Waals surface area (Å²) < 4.78 is 40.2. The van der Waals surface area contributed by atoms with E-state index in [4.69, 9.17) is 14.6 Å². The highest BCUT2D eigenvalue weighted by molar-refractivity contribution is 6.10. The van der Waals surface area contributed by atoms with Gasteiger partial charge in [-0.25, -0.2) is 18.7 Å². The number of aliphatic hydroxyl groups is 1. The number of hydrogen-bond donors (Lipinski definition) is 1. The quantitative estimate of drug-likeness (QED) is 0.419. The van der Waals surface area contributed by atoms with Crippen molar-refractivity contribution < 1.29 is 28.2 Å². The molecule has 3 aromatic carbocycles. The molecule has 6 nitrogen and oxygen atoms in total. The Morgan fingerprint density at radius 2 is 1.78 bits per heavy atom. The maximum atomic E-state index is 15.0. The van der Waals surface area contributed by atoms with Crippen molar-refractivity contribution in [1.82, 2.24) is 9.97 Å². The van der Waals surface area contributed by atoms with Gasteiger partial charge in [-0.15, -0.1) is 0 Å². The molecule has 4 rings (SSSR count). The first kappa shape index (κ1) is 21.3. The van der Waals surface area contributed by atoms with Crippen LogP contribution in [0.4, 0.5) is 8.78 Å². The summed E-state index contributed by atoms with van der Waals surface area (Å²) in [4.78, 5) is 21.3. The van der Waals surface area contributed by atoms with Crippen molar-refractivity contribution in [3.8, 4) is 11.6 Å². The average molecular weight is 436 g/mol. The number of ketones is 1. The summed E-state index contributed by atoms with van der Waals surface area (Å²) in [7, 11) is 0. The van der Waals surface area contributed by atoms with Gasteiger partial charge in [-0.05, 0) is 35.9 Å². The van der Waals surface area contributed by atoms with Crippen molar-refractivity contribution in [2.75, 3.05) is 13.2 Å². The summed E-state index contributed by atoms with van der Waals surface area (Å²) in [6.45, 7) is -0.0936. The van der Waals surface area contributed by atoms with Crippen LogP contribution in [-0.2, 0) is 6.61 Å². The molecule has 1 N–H and O–H groups in total. The van der Waals surface area contributed by atoms with Crippen LogP contribution < -0.4 is 9.47 Å². The average Bonchev–Trinajstić information content (AvgIpc) is 2.82. The van der Waals surface area contributed by atoms with Crippen LogP contribution in [0.5, 0.6) is 11.6 Å². The van der Waals surface area contributed by atoms with E-state index in [9.17, 15) is 9.18 Å². The molecule has 0 saturated heterocycles. The van der Waals surface area contributed by atoms with Crippen molar-refractivity contribution in [2.45, 2.75) is 6.61 Å². The van der Waals surface area contributed by atoms with E-state index in [1.165, 1.54) is 24.4 Å². The highest BCUT2D eigenvalue weighted by atomic mass is 19.1. The molecule has 0 radical (unpaired) electrons. The molecule has 1 heterocycles. The molecule has 8 heteroatoms. The van der Waals surface area contributed by atoms with Crippen molar-refractivity contribution >= 4 is 16.8 Å². The molecule has 0 aliphatic carbocycles. The third-order valence-electron chi connectivity index (χ3n) is 4.64. The largest absolute Gasteiger partial charge is 0.486 e. The van der Waals surface area contributed by atoms with Crippen LogP contribution in [-0.4, -0.2) is 34.1 Å². The lowest BCUT2D eigenvalue weighted by molar-refractivity contribution is 0.103. The Morgan fingerprint density at radius 1 is 0.969 bits per heavy atom. The van der Waals surface area contributed by atoms with Crippen LogP contribution in [0.2, 0.25) is 0 Å². The predicted molar refractivity (Wildman–Crippen MR) is 113 cm³/mol. The number of aromatic nitrogens is 2. The first-order chi connectivity index (χ1) is 15.6. The number of carbonyl (C=O) groups excluding carboxylic acids is 1. The molecule has 0 aliphatic heterocycles. The number of hydrogen-bond acceptors (Lipinski definition) is 6. The lowest BCUT2D eigenvalue weighted by Crippen LogP contribution is -2.10. The van der Waals surface area contributed by atoms with Gasteiger partial charge < -0.3 is 14.6 Å². The minimum atomic E-state index is -1.07. The van der Waals surface area contributed by atoms with E-state index in [-0.39, 0.29) is 37.0 Å². The molecule has 0 spiro atoms. The third-order valence-corrected chi connectivity index (χ3v) is 4.64. The molecule has 1 aromatic heterocycles. The Hall–Kier alpha value is -3.91. The summed E-state index contributed by atoms with van der Waals surface area (Å²) in [5, 5.41) is 8.86. The lowest BCUT2D eigenvalue weighted by Gasteiger charge is -2.11. The zero-order chi connectivity index (χ0) is 22.5. The maximum Gasteiger partial charge on any atom is 0.232 e. The monoisotopic (exact) mass is 436 g/mol. The second-order valence-electron chi connectivity index (χ2n) is 6.82. The topological polar surface area (TPSA) is 81.5 Å². The lowest BCUT2D eigenvalue weighted by atomic mass is 10.0. The van der Waals surface area contributed by atoms with Crippen LogP contribution in [0.3, 0.4) is 0 Å². The first-order valence-electron chi connectivity index (χ1n) is 9.76. The first-order valence-corrected chi connectivity index (χ1v) is 9.76. The fourth-order valence-electron chi connectivity index (χ4n) is 3.09.